The average Bonchev–Trinajstić information content (AvgIpc) is 2.48. The summed E-state index contributed by atoms with van der Waals surface area (Å²) in [6, 6.07) is 0. The molecule has 0 aromatic rings. The first kappa shape index (κ1) is 11.4. The monoisotopic (exact) mass is 210 g/mol. The smallest absolute Gasteiger partial charge is 0.0231 e. The first-order valence-corrected chi connectivity index (χ1v) is 6.40. The molecule has 0 amide bonds. The summed E-state index contributed by atoms with van der Waals surface area (Å²) in [6.07, 6.45) is 5.59. The lowest BCUT2D eigenvalue weighted by atomic mass is 9.83. The topological polar surface area (TPSA) is 6.48 Å². The molecule has 2 aliphatic rings. The summed E-state index contributed by atoms with van der Waals surface area (Å²) in [5.41, 5.74) is 0.931. The van der Waals surface area contributed by atoms with Gasteiger partial charge in [-0.2, -0.15) is 0 Å². The van der Waals surface area contributed by atoms with Crippen LogP contribution in [0.4, 0.5) is 0 Å². The maximum atomic E-state index is 2.64. The first-order valence-electron chi connectivity index (χ1n) is 6.40. The Hall–Kier alpha value is -0.0800. The van der Waals surface area contributed by atoms with Gasteiger partial charge in [0.25, 0.3) is 0 Å². The van der Waals surface area contributed by atoms with E-state index in [2.05, 4.69) is 37.6 Å². The number of rotatable bonds is 0. The lowest BCUT2D eigenvalue weighted by Crippen LogP contribution is -2.55. The van der Waals surface area contributed by atoms with E-state index in [0.717, 1.165) is 0 Å². The van der Waals surface area contributed by atoms with Crippen molar-refractivity contribution in [1.29, 1.82) is 0 Å². The van der Waals surface area contributed by atoms with Gasteiger partial charge in [-0.15, -0.1) is 0 Å². The van der Waals surface area contributed by atoms with Gasteiger partial charge in [0.05, 0.1) is 0 Å². The number of nitrogens with zero attached hydrogens (tertiary/aromatic N) is 2. The van der Waals surface area contributed by atoms with Gasteiger partial charge in [-0.25, -0.2) is 0 Å². The molecule has 2 heteroatoms. The molecule has 1 spiro atoms. The zero-order valence-corrected chi connectivity index (χ0v) is 10.8. The molecule has 0 radical (unpaired) electrons. The second kappa shape index (κ2) is 3.74. The van der Waals surface area contributed by atoms with E-state index in [1.165, 1.54) is 45.3 Å². The van der Waals surface area contributed by atoms with E-state index in [1.54, 1.807) is 0 Å². The third kappa shape index (κ3) is 2.07. The van der Waals surface area contributed by atoms with Gasteiger partial charge in [0, 0.05) is 24.2 Å². The van der Waals surface area contributed by atoms with E-state index < -0.39 is 0 Å². The van der Waals surface area contributed by atoms with Gasteiger partial charge < -0.3 is 4.90 Å². The average molecular weight is 210 g/mol. The normalized spacial score (nSPS) is 28.8. The highest BCUT2D eigenvalue weighted by molar-refractivity contribution is 4.99. The molecule has 2 heterocycles. The van der Waals surface area contributed by atoms with Crippen molar-refractivity contribution in [1.82, 2.24) is 9.80 Å². The highest BCUT2D eigenvalue weighted by Gasteiger charge is 2.42. The third-order valence-corrected chi connectivity index (χ3v) is 4.59. The van der Waals surface area contributed by atoms with E-state index >= 15 is 0 Å². The van der Waals surface area contributed by atoms with Crippen LogP contribution in [0.15, 0.2) is 0 Å². The van der Waals surface area contributed by atoms with Gasteiger partial charge in [-0.05, 0) is 60.0 Å². The summed E-state index contributed by atoms with van der Waals surface area (Å²) in [5, 5.41) is 0. The van der Waals surface area contributed by atoms with Crippen LogP contribution in [0.3, 0.4) is 0 Å². The highest BCUT2D eigenvalue weighted by Crippen LogP contribution is 2.38. The Morgan fingerprint density at radius 3 is 1.93 bits per heavy atom. The molecule has 2 rings (SSSR count). The van der Waals surface area contributed by atoms with Crippen LogP contribution >= 0.6 is 0 Å². The fraction of sp³-hybridized carbons (Fsp3) is 1.00. The van der Waals surface area contributed by atoms with Crippen molar-refractivity contribution < 1.29 is 0 Å². The predicted molar refractivity (Wildman–Crippen MR) is 65.2 cm³/mol. The van der Waals surface area contributed by atoms with Crippen molar-refractivity contribution in [3.8, 4) is 0 Å². The molecule has 0 aliphatic carbocycles. The maximum absolute atomic E-state index is 2.64. The molecule has 0 bridgehead atoms. The number of hydrogen-bond donors (Lipinski definition) is 0. The molecular weight excluding hydrogens is 184 g/mol. The number of likely N-dealkylation sites (tertiary alicyclic amines) is 2. The molecule has 0 aromatic heterocycles. The van der Waals surface area contributed by atoms with Crippen molar-refractivity contribution in [2.45, 2.75) is 57.5 Å². The maximum Gasteiger partial charge on any atom is 0.0231 e. The minimum absolute atomic E-state index is 0.360. The highest BCUT2D eigenvalue weighted by atomic mass is 15.3. The Balaban J connectivity index is 1.97. The van der Waals surface area contributed by atoms with Crippen molar-refractivity contribution >= 4 is 0 Å². The summed E-state index contributed by atoms with van der Waals surface area (Å²) in [6.45, 7) is 10.9. The predicted octanol–water partition coefficient (Wildman–Crippen LogP) is 2.35. The Morgan fingerprint density at radius 2 is 1.53 bits per heavy atom. The SMILES string of the molecule is CN1CCCC12CCN(C(C)(C)C)CC2. The summed E-state index contributed by atoms with van der Waals surface area (Å²) in [4.78, 5) is 5.26. The standard InChI is InChI=1S/C13H26N2/c1-12(2,3)15-10-7-13(8-11-15)6-5-9-14(13)4/h5-11H2,1-4H3. The van der Waals surface area contributed by atoms with E-state index in [-0.39, 0.29) is 0 Å². The molecule has 15 heavy (non-hydrogen) atoms. The van der Waals surface area contributed by atoms with E-state index in [1.807, 2.05) is 0 Å². The molecule has 0 saturated carbocycles. The summed E-state index contributed by atoms with van der Waals surface area (Å²) >= 11 is 0. The van der Waals surface area contributed by atoms with Crippen LogP contribution in [0, 0.1) is 0 Å². The minimum atomic E-state index is 0.360. The Morgan fingerprint density at radius 1 is 0.933 bits per heavy atom. The fourth-order valence-electron chi connectivity index (χ4n) is 3.30. The summed E-state index contributed by atoms with van der Waals surface area (Å²) < 4.78 is 0. The van der Waals surface area contributed by atoms with Crippen molar-refractivity contribution in [2.24, 2.45) is 0 Å². The first-order chi connectivity index (χ1) is 6.94. The molecule has 0 aromatic carbocycles. The van der Waals surface area contributed by atoms with Crippen LogP contribution in [-0.2, 0) is 0 Å². The lowest BCUT2D eigenvalue weighted by molar-refractivity contribution is 0.0271. The lowest BCUT2D eigenvalue weighted by Gasteiger charge is -2.47. The molecule has 0 unspecified atom stereocenters. The van der Waals surface area contributed by atoms with Crippen LogP contribution in [-0.4, -0.2) is 47.6 Å². The molecular formula is C13H26N2. The van der Waals surface area contributed by atoms with Crippen LogP contribution in [0.5, 0.6) is 0 Å². The van der Waals surface area contributed by atoms with Gasteiger partial charge in [0.2, 0.25) is 0 Å². The number of hydrogen-bond acceptors (Lipinski definition) is 2. The third-order valence-electron chi connectivity index (χ3n) is 4.59. The van der Waals surface area contributed by atoms with Crippen LogP contribution < -0.4 is 0 Å². The van der Waals surface area contributed by atoms with Gasteiger partial charge >= 0.3 is 0 Å². The summed E-state index contributed by atoms with van der Waals surface area (Å²) in [7, 11) is 2.32. The minimum Gasteiger partial charge on any atom is -0.301 e. The Labute approximate surface area is 94.6 Å². The second-order valence-corrected chi connectivity index (χ2v) is 6.41. The molecule has 0 N–H and O–H groups in total. The zero-order chi connectivity index (χ0) is 11.1. The van der Waals surface area contributed by atoms with Crippen molar-refractivity contribution in [3.63, 3.8) is 0 Å². The molecule has 2 aliphatic heterocycles. The molecule has 88 valence electrons. The van der Waals surface area contributed by atoms with Gasteiger partial charge in [-0.1, -0.05) is 0 Å². The quantitative estimate of drug-likeness (QED) is 0.605. The molecule has 2 saturated heterocycles. The van der Waals surface area contributed by atoms with Gasteiger partial charge in [0.1, 0.15) is 0 Å². The summed E-state index contributed by atoms with van der Waals surface area (Å²) in [5.74, 6) is 0. The molecule has 2 nitrogen and oxygen atoms in total. The Kier molecular flexibility index (Phi) is 2.85. The van der Waals surface area contributed by atoms with E-state index in [0.29, 0.717) is 11.1 Å². The largest absolute Gasteiger partial charge is 0.301 e. The van der Waals surface area contributed by atoms with Crippen molar-refractivity contribution in [3.05, 3.63) is 0 Å². The zero-order valence-electron chi connectivity index (χ0n) is 10.8. The van der Waals surface area contributed by atoms with Gasteiger partial charge in [0.15, 0.2) is 0 Å². The van der Waals surface area contributed by atoms with Crippen LogP contribution in [0.1, 0.15) is 46.5 Å². The van der Waals surface area contributed by atoms with E-state index in [4.69, 9.17) is 0 Å². The Bertz CT molecular complexity index is 221. The molecule has 0 atom stereocenters. The van der Waals surface area contributed by atoms with Crippen LogP contribution in [0.25, 0.3) is 0 Å². The van der Waals surface area contributed by atoms with E-state index in [9.17, 15) is 0 Å². The molecule has 2 fully saturated rings. The van der Waals surface area contributed by atoms with Gasteiger partial charge in [-0.3, -0.25) is 4.90 Å². The number of piperidine rings is 1. The fourth-order valence-corrected chi connectivity index (χ4v) is 3.30. The van der Waals surface area contributed by atoms with Crippen molar-refractivity contribution in [2.75, 3.05) is 26.7 Å². The van der Waals surface area contributed by atoms with Crippen LogP contribution in [0.2, 0.25) is 0 Å². The second-order valence-electron chi connectivity index (χ2n) is 6.41.